The molecule has 7 heteroatoms. The van der Waals surface area contributed by atoms with E-state index >= 15 is 0 Å². The first-order valence-electron chi connectivity index (χ1n) is 9.06. The number of hydrogen-bond donors (Lipinski definition) is 2. The molecule has 0 atom stereocenters. The van der Waals surface area contributed by atoms with Gasteiger partial charge < -0.3 is 20.1 Å². The van der Waals surface area contributed by atoms with E-state index in [1.54, 1.807) is 35.2 Å². The Bertz CT molecular complexity index is 888. The number of methoxy groups -OCH3 is 1. The summed E-state index contributed by atoms with van der Waals surface area (Å²) in [5.74, 6) is -1.11. The first kappa shape index (κ1) is 19.4. The van der Waals surface area contributed by atoms with Gasteiger partial charge in [-0.25, -0.2) is 4.79 Å². The van der Waals surface area contributed by atoms with E-state index in [0.29, 0.717) is 37.2 Å². The van der Waals surface area contributed by atoms with Crippen LogP contribution in [0.3, 0.4) is 0 Å². The first-order valence-corrected chi connectivity index (χ1v) is 9.06. The molecule has 28 heavy (non-hydrogen) atoms. The summed E-state index contributed by atoms with van der Waals surface area (Å²) in [7, 11) is 1.53. The quantitative estimate of drug-likeness (QED) is 0.828. The predicted molar refractivity (Wildman–Crippen MR) is 103 cm³/mol. The van der Waals surface area contributed by atoms with Gasteiger partial charge in [0.05, 0.1) is 23.8 Å². The van der Waals surface area contributed by atoms with Crippen molar-refractivity contribution in [1.29, 1.82) is 0 Å². The highest BCUT2D eigenvalue weighted by Crippen LogP contribution is 2.22. The summed E-state index contributed by atoms with van der Waals surface area (Å²) in [6, 6.07) is 13.1. The lowest BCUT2D eigenvalue weighted by atomic mass is 10.0. The Morgan fingerprint density at radius 1 is 0.964 bits per heavy atom. The number of carbonyl (C=O) groups is 3. The third kappa shape index (κ3) is 4.14. The maximum absolute atomic E-state index is 12.7. The molecule has 7 nitrogen and oxygen atoms in total. The second kappa shape index (κ2) is 8.56. The summed E-state index contributed by atoms with van der Waals surface area (Å²) in [5, 5.41) is 12.1. The Morgan fingerprint density at radius 2 is 1.54 bits per heavy atom. The molecular formula is C21H22N2O5. The minimum atomic E-state index is -1.14. The van der Waals surface area contributed by atoms with Gasteiger partial charge in [-0.3, -0.25) is 9.59 Å². The van der Waals surface area contributed by atoms with Gasteiger partial charge in [-0.15, -0.1) is 0 Å². The lowest BCUT2D eigenvalue weighted by Crippen LogP contribution is -2.46. The highest BCUT2D eigenvalue weighted by molar-refractivity contribution is 6.04. The maximum atomic E-state index is 12.7. The van der Waals surface area contributed by atoms with Crippen LogP contribution >= 0.6 is 0 Å². The number of para-hydroxylation sites is 1. The molecule has 1 aliphatic heterocycles. The number of likely N-dealkylation sites (tertiary alicyclic amines) is 1. The second-order valence-corrected chi connectivity index (χ2v) is 6.59. The molecule has 1 saturated heterocycles. The third-order valence-electron chi connectivity index (χ3n) is 4.86. The van der Waals surface area contributed by atoms with Crippen LogP contribution < -0.4 is 10.1 Å². The second-order valence-electron chi connectivity index (χ2n) is 6.59. The molecule has 0 spiro atoms. The standard InChI is InChI=1S/C21H22N2O5/c1-28-18-9-5-4-8-17(18)20(25)23-12-10-14(11-13-23)22-19(24)15-6-2-3-7-16(15)21(26)27/h2-9,14H,10-13H2,1H3,(H,22,24)(H,26,27). The highest BCUT2D eigenvalue weighted by Gasteiger charge is 2.27. The van der Waals surface area contributed by atoms with Crippen LogP contribution in [0, 0.1) is 0 Å². The number of ether oxygens (including phenoxy) is 1. The van der Waals surface area contributed by atoms with Crippen LogP contribution in [0.2, 0.25) is 0 Å². The third-order valence-corrected chi connectivity index (χ3v) is 4.86. The lowest BCUT2D eigenvalue weighted by Gasteiger charge is -2.32. The van der Waals surface area contributed by atoms with Crippen molar-refractivity contribution in [1.82, 2.24) is 10.2 Å². The highest BCUT2D eigenvalue weighted by atomic mass is 16.5. The molecule has 2 aromatic rings. The number of benzene rings is 2. The smallest absolute Gasteiger partial charge is 0.336 e. The Hall–Kier alpha value is -3.35. The molecule has 2 N–H and O–H groups in total. The van der Waals surface area contributed by atoms with Crippen LogP contribution in [0.5, 0.6) is 5.75 Å². The van der Waals surface area contributed by atoms with Crippen LogP contribution in [0.4, 0.5) is 0 Å². The van der Waals surface area contributed by atoms with Gasteiger partial charge in [0.25, 0.3) is 11.8 Å². The summed E-state index contributed by atoms with van der Waals surface area (Å²) >= 11 is 0. The first-order chi connectivity index (χ1) is 13.5. The zero-order chi connectivity index (χ0) is 20.1. The molecule has 146 valence electrons. The molecule has 1 aliphatic rings. The van der Waals surface area contributed by atoms with Gasteiger partial charge in [0, 0.05) is 19.1 Å². The number of carboxylic acids is 1. The van der Waals surface area contributed by atoms with Gasteiger partial charge in [-0.2, -0.15) is 0 Å². The van der Waals surface area contributed by atoms with E-state index in [1.165, 1.54) is 19.2 Å². The van der Waals surface area contributed by atoms with Crippen molar-refractivity contribution in [2.75, 3.05) is 20.2 Å². The maximum Gasteiger partial charge on any atom is 0.336 e. The van der Waals surface area contributed by atoms with Gasteiger partial charge in [0.2, 0.25) is 0 Å². The number of hydrogen-bond acceptors (Lipinski definition) is 4. The van der Waals surface area contributed by atoms with Crippen LogP contribution in [0.25, 0.3) is 0 Å². The van der Waals surface area contributed by atoms with E-state index in [9.17, 15) is 19.5 Å². The topological polar surface area (TPSA) is 95.9 Å². The van der Waals surface area contributed by atoms with E-state index in [2.05, 4.69) is 5.32 Å². The summed E-state index contributed by atoms with van der Waals surface area (Å²) in [4.78, 5) is 38.3. The normalized spacial score (nSPS) is 14.4. The van der Waals surface area contributed by atoms with E-state index in [4.69, 9.17) is 4.74 Å². The lowest BCUT2D eigenvalue weighted by molar-refractivity contribution is 0.0674. The number of carbonyl (C=O) groups excluding carboxylic acids is 2. The fraction of sp³-hybridized carbons (Fsp3) is 0.286. The average molecular weight is 382 g/mol. The average Bonchev–Trinajstić information content (AvgIpc) is 2.73. The number of aromatic carboxylic acids is 1. The van der Waals surface area contributed by atoms with Crippen molar-refractivity contribution < 1.29 is 24.2 Å². The van der Waals surface area contributed by atoms with Crippen molar-refractivity contribution >= 4 is 17.8 Å². The summed E-state index contributed by atoms with van der Waals surface area (Å²) in [5.41, 5.74) is 0.634. The summed E-state index contributed by atoms with van der Waals surface area (Å²) in [6.45, 7) is 1.00. The molecule has 2 aromatic carbocycles. The van der Waals surface area contributed by atoms with E-state index < -0.39 is 11.9 Å². The van der Waals surface area contributed by atoms with E-state index in [-0.39, 0.29) is 23.1 Å². The molecule has 1 fully saturated rings. The Morgan fingerprint density at radius 3 is 2.14 bits per heavy atom. The predicted octanol–water partition coefficient (Wildman–Crippen LogP) is 2.43. The fourth-order valence-corrected chi connectivity index (χ4v) is 3.35. The molecule has 0 aromatic heterocycles. The molecular weight excluding hydrogens is 360 g/mol. The summed E-state index contributed by atoms with van der Waals surface area (Å²) in [6.07, 6.45) is 1.20. The van der Waals surface area contributed by atoms with Crippen molar-refractivity contribution in [3.8, 4) is 5.75 Å². The van der Waals surface area contributed by atoms with Crippen LogP contribution in [-0.2, 0) is 0 Å². The Balaban J connectivity index is 1.61. The van der Waals surface area contributed by atoms with Crippen LogP contribution in [-0.4, -0.2) is 54.0 Å². The number of carboxylic acid groups (broad SMARTS) is 1. The van der Waals surface area contributed by atoms with Crippen LogP contribution in [0.1, 0.15) is 43.9 Å². The molecule has 0 saturated carbocycles. The molecule has 0 aliphatic carbocycles. The number of nitrogens with one attached hydrogen (secondary N) is 1. The number of piperidine rings is 1. The van der Waals surface area contributed by atoms with Gasteiger partial charge >= 0.3 is 5.97 Å². The van der Waals surface area contributed by atoms with E-state index in [0.717, 1.165) is 0 Å². The van der Waals surface area contributed by atoms with Gasteiger partial charge in [-0.1, -0.05) is 24.3 Å². The zero-order valence-electron chi connectivity index (χ0n) is 15.6. The number of nitrogens with zero attached hydrogens (tertiary/aromatic N) is 1. The van der Waals surface area contributed by atoms with Gasteiger partial charge in [-0.05, 0) is 37.1 Å². The fourth-order valence-electron chi connectivity index (χ4n) is 3.35. The van der Waals surface area contributed by atoms with Crippen LogP contribution in [0.15, 0.2) is 48.5 Å². The largest absolute Gasteiger partial charge is 0.496 e. The van der Waals surface area contributed by atoms with Gasteiger partial charge in [0.15, 0.2) is 0 Å². The number of amides is 2. The molecule has 1 heterocycles. The minimum absolute atomic E-state index is 0.0243. The van der Waals surface area contributed by atoms with Crippen molar-refractivity contribution in [3.05, 3.63) is 65.2 Å². The van der Waals surface area contributed by atoms with E-state index in [1.807, 2.05) is 6.07 Å². The van der Waals surface area contributed by atoms with Crippen molar-refractivity contribution in [2.24, 2.45) is 0 Å². The van der Waals surface area contributed by atoms with Crippen molar-refractivity contribution in [2.45, 2.75) is 18.9 Å². The van der Waals surface area contributed by atoms with Gasteiger partial charge in [0.1, 0.15) is 5.75 Å². The monoisotopic (exact) mass is 382 g/mol. The Kier molecular flexibility index (Phi) is 5.93. The molecule has 0 radical (unpaired) electrons. The van der Waals surface area contributed by atoms with Crippen molar-refractivity contribution in [3.63, 3.8) is 0 Å². The SMILES string of the molecule is COc1ccccc1C(=O)N1CCC(NC(=O)c2ccccc2C(=O)O)CC1. The minimum Gasteiger partial charge on any atom is -0.496 e. The zero-order valence-corrected chi connectivity index (χ0v) is 15.6. The summed E-state index contributed by atoms with van der Waals surface area (Å²) < 4.78 is 5.26. The molecule has 0 bridgehead atoms. The molecule has 2 amide bonds. The molecule has 0 unspecified atom stereocenters. The molecule has 3 rings (SSSR count). The number of rotatable bonds is 5. The Labute approximate surface area is 162 Å².